The molecule has 2 aliphatic heterocycles. The number of sulfonamides is 2. The third-order valence-corrected chi connectivity index (χ3v) is 16.9. The van der Waals surface area contributed by atoms with Gasteiger partial charge in [0, 0.05) is 41.0 Å². The van der Waals surface area contributed by atoms with E-state index < -0.39 is 36.9 Å². The first-order chi connectivity index (χ1) is 43.4. The Bertz CT molecular complexity index is 4240. The molecule has 2 aromatic heterocycles. The topological polar surface area (TPSA) is 289 Å². The lowest BCUT2D eigenvalue weighted by atomic mass is 9.86. The molecule has 93 heavy (non-hydrogen) atoms. The summed E-state index contributed by atoms with van der Waals surface area (Å²) in [6, 6.07) is 27.9. The van der Waals surface area contributed by atoms with Crippen LogP contribution in [0.1, 0.15) is 141 Å². The number of aliphatic hydroxyl groups excluding tert-OH is 1. The monoisotopic (exact) mass is 1310 g/mol. The molecule has 0 aliphatic carbocycles. The van der Waals surface area contributed by atoms with Gasteiger partial charge in [-0.15, -0.1) is 11.1 Å². The molecular weight excluding hydrogens is 1220 g/mol. The summed E-state index contributed by atoms with van der Waals surface area (Å²) in [5.74, 6) is 0.392. The van der Waals surface area contributed by atoms with E-state index in [4.69, 9.17) is 19.3 Å². The molecule has 26 heteroatoms. The van der Waals surface area contributed by atoms with Gasteiger partial charge < -0.3 is 39.9 Å². The summed E-state index contributed by atoms with van der Waals surface area (Å²) in [7, 11) is -2.47. The first-order valence-electron chi connectivity index (χ1n) is 30.0. The molecule has 9 rings (SSSR count). The second-order valence-electron chi connectivity index (χ2n) is 26.6. The maximum atomic E-state index is 13.7. The largest absolute Gasteiger partial charge is 0.492 e. The van der Waals surface area contributed by atoms with Gasteiger partial charge in [-0.3, -0.25) is 39.2 Å². The average Bonchev–Trinajstić information content (AvgIpc) is 1.79. The first kappa shape index (κ1) is 70.0. The van der Waals surface area contributed by atoms with Gasteiger partial charge in [0.15, 0.2) is 11.5 Å². The Hall–Kier alpha value is -8.92. The number of carbonyl (C=O) groups is 2. The van der Waals surface area contributed by atoms with E-state index in [9.17, 15) is 31.5 Å². The number of anilines is 6. The molecule has 24 nitrogen and oxygen atoms in total. The second kappa shape index (κ2) is 27.3. The number of benzene rings is 5. The highest BCUT2D eigenvalue weighted by molar-refractivity contribution is 7.92. The number of hydrogen-bond acceptors (Lipinski definition) is 18. The number of ether oxygens (including phenoxy) is 3. The first-order valence-corrected chi connectivity index (χ1v) is 33.8. The third-order valence-electron chi connectivity index (χ3n) is 15.7. The Morgan fingerprint density at radius 3 is 1.54 bits per heavy atom. The lowest BCUT2D eigenvalue weighted by Crippen LogP contribution is -2.37. The van der Waals surface area contributed by atoms with Crippen molar-refractivity contribution in [1.29, 1.82) is 0 Å². The van der Waals surface area contributed by atoms with Crippen molar-refractivity contribution < 1.29 is 45.7 Å². The van der Waals surface area contributed by atoms with Crippen LogP contribution in [-0.2, 0) is 60.2 Å². The average molecular weight is 1310 g/mol. The number of methoxy groups -OCH3 is 2. The summed E-state index contributed by atoms with van der Waals surface area (Å²) >= 11 is 0. The lowest BCUT2D eigenvalue weighted by molar-refractivity contribution is 0.0497. The van der Waals surface area contributed by atoms with E-state index in [0.29, 0.717) is 35.7 Å². The quantitative estimate of drug-likeness (QED) is 0.0323. The zero-order valence-corrected chi connectivity index (χ0v) is 57.8. The lowest BCUT2D eigenvalue weighted by Gasteiger charge is -2.27. The highest BCUT2D eigenvalue weighted by Crippen LogP contribution is 2.42. The van der Waals surface area contributed by atoms with Gasteiger partial charge in [0.25, 0.3) is 11.8 Å². The molecule has 2 aliphatic rings. The fraction of sp³-hybridized carbons (Fsp3) is 0.373. The minimum Gasteiger partial charge on any atom is -0.492 e. The number of aromatic nitrogens is 4. The molecule has 498 valence electrons. The van der Waals surface area contributed by atoms with E-state index in [2.05, 4.69) is 60.8 Å². The SMILES string of the molecule is COc1c(NC(=O)c2ccc(C)c(N3C=C(c4cnc(C(C)(C)CO)n4C)NN3)c2)cc(C(C)(C)C)cc1NS(C)(=O)=O.COc1c(NC(=O)c2ccc(C)c(N3C=C(c4cnn(C(C)(C)COCc5ccccc5)c4C)NN3)c2)cc(C(C)(C)C)cc1NS(C)(=O)=O. The van der Waals surface area contributed by atoms with Crippen molar-refractivity contribution in [3.63, 3.8) is 0 Å². The van der Waals surface area contributed by atoms with E-state index in [-0.39, 0.29) is 46.2 Å². The van der Waals surface area contributed by atoms with Crippen LogP contribution in [0.15, 0.2) is 116 Å². The molecule has 7 aromatic rings. The molecular formula is C67H88N14O10S2. The molecule has 0 saturated heterocycles. The van der Waals surface area contributed by atoms with Gasteiger partial charge in [-0.05, 0) is 122 Å². The van der Waals surface area contributed by atoms with Crippen LogP contribution in [0.2, 0.25) is 0 Å². The molecule has 0 atom stereocenters. The van der Waals surface area contributed by atoms with Crippen LogP contribution in [0.4, 0.5) is 34.1 Å². The van der Waals surface area contributed by atoms with Crippen LogP contribution in [0.3, 0.4) is 0 Å². The fourth-order valence-electron chi connectivity index (χ4n) is 10.6. The Labute approximate surface area is 546 Å². The van der Waals surface area contributed by atoms with Crippen LogP contribution in [-0.4, -0.2) is 93.0 Å². The van der Waals surface area contributed by atoms with Crippen molar-refractivity contribution >= 4 is 77.4 Å². The minimum atomic E-state index is -3.61. The molecule has 0 radical (unpaired) electrons. The van der Waals surface area contributed by atoms with Gasteiger partial charge in [0.05, 0.1) is 122 Å². The highest BCUT2D eigenvalue weighted by atomic mass is 32.2. The summed E-state index contributed by atoms with van der Waals surface area (Å²) in [5, 5.41) is 24.0. The molecule has 0 saturated carbocycles. The summed E-state index contributed by atoms with van der Waals surface area (Å²) in [6.45, 7) is 27.0. The number of hydrazine groups is 4. The van der Waals surface area contributed by atoms with Gasteiger partial charge in [0.2, 0.25) is 20.0 Å². The smallest absolute Gasteiger partial charge is 0.255 e. The number of amides is 2. The van der Waals surface area contributed by atoms with E-state index in [1.54, 1.807) is 59.7 Å². The number of imidazole rings is 1. The van der Waals surface area contributed by atoms with Crippen molar-refractivity contribution in [3.05, 3.63) is 178 Å². The third kappa shape index (κ3) is 16.7. The van der Waals surface area contributed by atoms with Gasteiger partial charge in [-0.25, -0.2) is 21.8 Å². The van der Waals surface area contributed by atoms with E-state index in [1.165, 1.54) is 14.2 Å². The van der Waals surface area contributed by atoms with Gasteiger partial charge in [0.1, 0.15) is 5.82 Å². The van der Waals surface area contributed by atoms with Crippen molar-refractivity contribution in [1.82, 2.24) is 41.3 Å². The molecule has 0 fully saturated rings. The maximum absolute atomic E-state index is 13.7. The summed E-state index contributed by atoms with van der Waals surface area (Å²) in [6.07, 6.45) is 9.51. The summed E-state index contributed by atoms with van der Waals surface area (Å²) in [5.41, 5.74) is 23.5. The zero-order chi connectivity index (χ0) is 68.3. The van der Waals surface area contributed by atoms with Crippen LogP contribution >= 0.6 is 0 Å². The number of rotatable bonds is 21. The molecule has 5 aromatic carbocycles. The normalized spacial score (nSPS) is 13.7. The highest BCUT2D eigenvalue weighted by Gasteiger charge is 2.31. The maximum Gasteiger partial charge on any atom is 0.255 e. The predicted octanol–water partition coefficient (Wildman–Crippen LogP) is 9.97. The predicted molar refractivity (Wildman–Crippen MR) is 368 cm³/mol. The van der Waals surface area contributed by atoms with E-state index in [0.717, 1.165) is 85.9 Å². The number of hydrogen-bond donors (Lipinski definition) is 9. The number of carbonyl (C=O) groups excluding carboxylic acids is 2. The van der Waals surface area contributed by atoms with Gasteiger partial charge >= 0.3 is 0 Å². The van der Waals surface area contributed by atoms with Crippen molar-refractivity contribution in [2.24, 2.45) is 7.05 Å². The Kier molecular flexibility index (Phi) is 20.6. The molecule has 0 bridgehead atoms. The molecule has 0 spiro atoms. The molecule has 2 amide bonds. The van der Waals surface area contributed by atoms with E-state index in [1.807, 2.05) is 159 Å². The van der Waals surface area contributed by atoms with Gasteiger partial charge in [-0.2, -0.15) is 5.10 Å². The van der Waals surface area contributed by atoms with Crippen LogP contribution in [0, 0.1) is 20.8 Å². The minimum absolute atomic E-state index is 0.0376. The fourth-order valence-corrected chi connectivity index (χ4v) is 11.7. The van der Waals surface area contributed by atoms with Crippen LogP contribution in [0.5, 0.6) is 11.5 Å². The Morgan fingerprint density at radius 1 is 0.624 bits per heavy atom. The number of aryl methyl sites for hydroxylation is 2. The molecule has 4 heterocycles. The number of nitrogens with one attached hydrogen (secondary N) is 8. The second-order valence-corrected chi connectivity index (χ2v) is 30.1. The Balaban J connectivity index is 0.000000242. The van der Waals surface area contributed by atoms with Crippen LogP contribution < -0.4 is 61.5 Å². The molecule has 0 unspecified atom stereocenters. The molecule has 9 N–H and O–H groups in total. The number of aliphatic hydroxyl groups is 1. The summed E-state index contributed by atoms with van der Waals surface area (Å²) < 4.78 is 74.6. The van der Waals surface area contributed by atoms with Gasteiger partial charge in [-0.1, -0.05) is 97.9 Å². The van der Waals surface area contributed by atoms with Crippen molar-refractivity contribution in [2.45, 2.75) is 118 Å². The zero-order valence-electron chi connectivity index (χ0n) is 56.2. The standard InChI is InChI=1S/C37H47N7O5S.C30H41N7O5S/c1-24-15-16-27(35(45)39-30-18-28(36(3,4)5)19-31(34(30)48-8)41-50(9,46)47)17-33(24)43-21-32(40-42-43)29-20-38-44(25(29)2)37(6,7)23-49-22-26-13-11-10-12-14-26;1-18-10-11-19(12-24(18)37-16-23(33-35-37)25-15-31-28(36(25)7)30(5,6)17-38)27(39)32-21-13-20(29(2,3)4)14-22(26(21)42-8)34-43(9,40)41/h10-21,40-42H,22-23H2,1-9H3,(H,39,45);10-16,33-35,38H,17H2,1-9H3,(H,32,39). The Morgan fingerprint density at radius 2 is 1.09 bits per heavy atom. The van der Waals surface area contributed by atoms with Crippen molar-refractivity contribution in [2.75, 3.05) is 70.0 Å². The summed E-state index contributed by atoms with van der Waals surface area (Å²) in [4.78, 5) is 31.8. The van der Waals surface area contributed by atoms with Crippen LogP contribution in [0.25, 0.3) is 11.4 Å². The van der Waals surface area contributed by atoms with E-state index >= 15 is 0 Å². The van der Waals surface area contributed by atoms with Crippen molar-refractivity contribution in [3.8, 4) is 11.5 Å². The number of nitrogens with zero attached hydrogens (tertiary/aromatic N) is 6.